The van der Waals surface area contributed by atoms with E-state index >= 15 is 0 Å². The van der Waals surface area contributed by atoms with Gasteiger partial charge in [0.25, 0.3) is 10.0 Å². The van der Waals surface area contributed by atoms with Crippen molar-refractivity contribution in [2.45, 2.75) is 57.9 Å². The van der Waals surface area contributed by atoms with Crippen LogP contribution in [0, 0.1) is 25.7 Å². The first-order chi connectivity index (χ1) is 18.6. The van der Waals surface area contributed by atoms with Gasteiger partial charge in [-0.1, -0.05) is 49.6 Å². The van der Waals surface area contributed by atoms with Crippen molar-refractivity contribution in [2.24, 2.45) is 11.8 Å². The fourth-order valence-corrected chi connectivity index (χ4v) is 6.19. The Labute approximate surface area is 233 Å². The molecule has 2 aromatic carbocycles. The number of hydrogen-bond acceptors (Lipinski definition) is 6. The molecular weight excluding hydrogens is 506 g/mol. The molecule has 39 heavy (non-hydrogen) atoms. The van der Waals surface area contributed by atoms with E-state index in [1.807, 2.05) is 75.3 Å². The monoisotopic (exact) mass is 547 g/mol. The minimum atomic E-state index is -3.50. The van der Waals surface area contributed by atoms with E-state index in [0.29, 0.717) is 11.4 Å². The normalized spacial score (nSPS) is 17.5. The highest BCUT2D eigenvalue weighted by Crippen LogP contribution is 2.27. The minimum Gasteiger partial charge on any atom is -0.362 e. The van der Waals surface area contributed by atoms with Crippen LogP contribution in [-0.4, -0.2) is 43.0 Å². The number of nitrogens with one attached hydrogen (secondary N) is 1. The van der Waals surface area contributed by atoms with E-state index in [1.165, 1.54) is 29.7 Å². The van der Waals surface area contributed by atoms with Crippen LogP contribution in [0.3, 0.4) is 0 Å². The zero-order valence-electron chi connectivity index (χ0n) is 23.8. The number of aromatic nitrogens is 3. The molecule has 5 rings (SSSR count). The van der Waals surface area contributed by atoms with Gasteiger partial charge in [-0.05, 0) is 81.0 Å². The number of rotatable bonds is 7. The second-order valence-corrected chi connectivity index (χ2v) is 12.8. The van der Waals surface area contributed by atoms with Gasteiger partial charge in [0, 0.05) is 38.4 Å². The molecule has 2 aromatic heterocycles. The van der Waals surface area contributed by atoms with Crippen LogP contribution in [0.25, 0.3) is 10.9 Å². The minimum absolute atomic E-state index is 0.324. The molecule has 2 heterocycles. The topological polar surface area (TPSA) is 80.1 Å². The average molecular weight is 548 g/mol. The maximum atomic E-state index is 12.7. The number of hydrogen-bond donors (Lipinski definition) is 1. The zero-order chi connectivity index (χ0) is 28.0. The van der Waals surface area contributed by atoms with Crippen LogP contribution in [0.5, 0.6) is 0 Å². The Kier molecular flexibility index (Phi) is 9.40. The summed E-state index contributed by atoms with van der Waals surface area (Å²) < 4.78 is 26.6. The molecule has 0 spiro atoms. The van der Waals surface area contributed by atoms with Crippen molar-refractivity contribution in [1.82, 2.24) is 19.3 Å². The Balaban J connectivity index is 0.000000212. The molecule has 1 aliphatic carbocycles. The zero-order valence-corrected chi connectivity index (χ0v) is 24.6. The van der Waals surface area contributed by atoms with E-state index in [1.54, 1.807) is 24.5 Å². The fraction of sp³-hybridized carbons (Fsp3) is 0.419. The summed E-state index contributed by atoms with van der Waals surface area (Å²) in [5.74, 6) is 3.42. The van der Waals surface area contributed by atoms with Gasteiger partial charge in [0.2, 0.25) is 0 Å². The fourth-order valence-electron chi connectivity index (χ4n) is 4.97. The smallest absolute Gasteiger partial charge is 0.267 e. The lowest BCUT2D eigenvalue weighted by molar-refractivity contribution is 0.281. The first-order valence-corrected chi connectivity index (χ1v) is 15.2. The van der Waals surface area contributed by atoms with Gasteiger partial charge in [-0.3, -0.25) is 0 Å². The van der Waals surface area contributed by atoms with Crippen LogP contribution in [0.4, 0.5) is 5.82 Å². The third-order valence-corrected chi connectivity index (χ3v) is 8.99. The van der Waals surface area contributed by atoms with Gasteiger partial charge in [-0.15, -0.1) is 0 Å². The van der Waals surface area contributed by atoms with Crippen LogP contribution in [-0.2, 0) is 16.6 Å². The van der Waals surface area contributed by atoms with Gasteiger partial charge in [-0.25, -0.2) is 22.4 Å². The summed E-state index contributed by atoms with van der Waals surface area (Å²) in [7, 11) is 0.491. The highest BCUT2D eigenvalue weighted by molar-refractivity contribution is 7.90. The standard InChI is InChI=1S/C20H28N2O2S.C11H13N3/c1-16-3-7-18(8-4-16)13-21-14-19-11-12-22(15-19)25(23,24)20-9-5-17(2)6-10-20;1-8-12-10-7-5-4-6-9(10)11(13-8)14(2)3/h5-6,9-12,15-16,18,21H,3-4,7-8,13-14H2,1-2H3;4-7H,1-3H3. The predicted octanol–water partition coefficient (Wildman–Crippen LogP) is 5.95. The van der Waals surface area contributed by atoms with E-state index < -0.39 is 10.0 Å². The predicted molar refractivity (Wildman–Crippen MR) is 160 cm³/mol. The van der Waals surface area contributed by atoms with Crippen LogP contribution < -0.4 is 10.2 Å². The number of nitrogens with zero attached hydrogens (tertiary/aromatic N) is 4. The van der Waals surface area contributed by atoms with Crippen LogP contribution in [0.2, 0.25) is 0 Å². The molecule has 4 aromatic rings. The van der Waals surface area contributed by atoms with Gasteiger partial charge < -0.3 is 10.2 Å². The largest absolute Gasteiger partial charge is 0.362 e. The van der Waals surface area contributed by atoms with Crippen LogP contribution in [0.1, 0.15) is 49.6 Å². The van der Waals surface area contributed by atoms with E-state index in [9.17, 15) is 8.42 Å². The highest BCUT2D eigenvalue weighted by Gasteiger charge is 2.19. The molecule has 7 nitrogen and oxygen atoms in total. The highest BCUT2D eigenvalue weighted by atomic mass is 32.2. The van der Waals surface area contributed by atoms with Crippen molar-refractivity contribution in [3.8, 4) is 0 Å². The number of benzene rings is 2. The second-order valence-electron chi connectivity index (χ2n) is 10.9. The summed E-state index contributed by atoms with van der Waals surface area (Å²) in [6.07, 6.45) is 8.61. The molecule has 0 amide bonds. The van der Waals surface area contributed by atoms with Crippen LogP contribution in [0.15, 0.2) is 71.9 Å². The number of fused-ring (bicyclic) bond motifs is 1. The van der Waals surface area contributed by atoms with Crippen molar-refractivity contribution in [3.05, 3.63) is 83.9 Å². The first kappa shape index (κ1) is 28.8. The van der Waals surface area contributed by atoms with E-state index in [-0.39, 0.29) is 0 Å². The Hall–Kier alpha value is -3.23. The summed E-state index contributed by atoms with van der Waals surface area (Å²) in [5, 5.41) is 4.59. The van der Waals surface area contributed by atoms with Crippen molar-refractivity contribution < 1.29 is 8.42 Å². The summed E-state index contributed by atoms with van der Waals surface area (Å²) in [4.78, 5) is 11.1. The Morgan fingerprint density at radius 1 is 0.949 bits per heavy atom. The van der Waals surface area contributed by atoms with Crippen molar-refractivity contribution in [2.75, 3.05) is 25.5 Å². The molecule has 1 N–H and O–H groups in total. The molecule has 1 aliphatic rings. The number of para-hydroxylation sites is 1. The van der Waals surface area contributed by atoms with E-state index in [2.05, 4.69) is 22.2 Å². The molecule has 208 valence electrons. The summed E-state index contributed by atoms with van der Waals surface area (Å²) >= 11 is 0. The van der Waals surface area contributed by atoms with Gasteiger partial charge in [-0.2, -0.15) is 0 Å². The van der Waals surface area contributed by atoms with Crippen LogP contribution >= 0.6 is 0 Å². The molecule has 8 heteroatoms. The van der Waals surface area contributed by atoms with E-state index in [4.69, 9.17) is 0 Å². The summed E-state index contributed by atoms with van der Waals surface area (Å²) in [5.41, 5.74) is 3.05. The number of anilines is 1. The SMILES string of the molecule is Cc1ccc(S(=O)(=O)n2ccc(CNCC3CCC(C)CC3)c2)cc1.Cc1nc(N(C)C)c2ccccc2n1. The van der Waals surface area contributed by atoms with Gasteiger partial charge in [0.15, 0.2) is 0 Å². The molecule has 0 radical (unpaired) electrons. The molecule has 0 aliphatic heterocycles. The quantitative estimate of drug-likeness (QED) is 0.308. The van der Waals surface area contributed by atoms with Gasteiger partial charge in [0.05, 0.1) is 10.4 Å². The maximum absolute atomic E-state index is 12.7. The molecule has 0 atom stereocenters. The van der Waals surface area contributed by atoms with Gasteiger partial charge >= 0.3 is 0 Å². The molecular formula is C31H41N5O2S. The Bertz CT molecular complexity index is 1470. The summed E-state index contributed by atoms with van der Waals surface area (Å²) in [6.45, 7) is 7.92. The summed E-state index contributed by atoms with van der Waals surface area (Å²) in [6, 6.07) is 16.9. The number of aryl methyl sites for hydroxylation is 2. The van der Waals surface area contributed by atoms with Crippen molar-refractivity contribution in [3.63, 3.8) is 0 Å². The molecule has 1 fully saturated rings. The lowest BCUT2D eigenvalue weighted by Gasteiger charge is -2.26. The van der Waals surface area contributed by atoms with Crippen molar-refractivity contribution >= 4 is 26.7 Å². The molecule has 0 bridgehead atoms. The first-order valence-electron chi connectivity index (χ1n) is 13.7. The third-order valence-electron chi connectivity index (χ3n) is 7.34. The van der Waals surface area contributed by atoms with Gasteiger partial charge in [0.1, 0.15) is 11.6 Å². The Morgan fingerprint density at radius 3 is 2.33 bits per heavy atom. The molecule has 1 saturated carbocycles. The second kappa shape index (κ2) is 12.7. The maximum Gasteiger partial charge on any atom is 0.267 e. The average Bonchev–Trinajstić information content (AvgIpc) is 3.40. The lowest BCUT2D eigenvalue weighted by Crippen LogP contribution is -2.25. The molecule has 0 saturated heterocycles. The van der Waals surface area contributed by atoms with E-state index in [0.717, 1.165) is 52.1 Å². The Morgan fingerprint density at radius 2 is 1.64 bits per heavy atom. The molecule has 0 unspecified atom stereocenters. The third kappa shape index (κ3) is 7.46. The lowest BCUT2D eigenvalue weighted by atomic mass is 9.83. The van der Waals surface area contributed by atoms with Crippen molar-refractivity contribution in [1.29, 1.82) is 0 Å².